The summed E-state index contributed by atoms with van der Waals surface area (Å²) in [7, 11) is 0. The largest absolute Gasteiger partial charge is 0.459 e. The highest BCUT2D eigenvalue weighted by atomic mass is 16.6. The maximum atomic E-state index is 12.9. The van der Waals surface area contributed by atoms with Gasteiger partial charge in [0.15, 0.2) is 0 Å². The normalized spacial score (nSPS) is 19.1. The molecule has 0 spiro atoms. The Kier molecular flexibility index (Phi) is 5.84. The van der Waals surface area contributed by atoms with E-state index in [0.29, 0.717) is 0 Å². The molecule has 2 atom stereocenters. The van der Waals surface area contributed by atoms with Gasteiger partial charge in [-0.3, -0.25) is 4.90 Å². The Morgan fingerprint density at radius 3 is 2.12 bits per heavy atom. The van der Waals surface area contributed by atoms with Crippen molar-refractivity contribution in [2.45, 2.75) is 31.1 Å². The van der Waals surface area contributed by atoms with E-state index in [0.717, 1.165) is 27.8 Å². The van der Waals surface area contributed by atoms with Crippen molar-refractivity contribution in [1.82, 2.24) is 4.90 Å². The lowest BCUT2D eigenvalue weighted by atomic mass is 9.98. The molecule has 0 bridgehead atoms. The summed E-state index contributed by atoms with van der Waals surface area (Å²) >= 11 is 0. The predicted octanol–water partition coefficient (Wildman–Crippen LogP) is 4.11. The number of β-amino-alcohol motifs (C(OH)–C–C–N with tert-alkyl or cyclic N) is 1. The van der Waals surface area contributed by atoms with Gasteiger partial charge in [0.25, 0.3) is 0 Å². The second-order valence-electron chi connectivity index (χ2n) is 8.45. The molecule has 0 saturated carbocycles. The third kappa shape index (κ3) is 4.22. The van der Waals surface area contributed by atoms with Crippen LogP contribution in [0.2, 0.25) is 0 Å². The van der Waals surface area contributed by atoms with E-state index in [2.05, 4.69) is 24.3 Å². The smallest absolute Gasteiger partial charge is 0.410 e. The van der Waals surface area contributed by atoms with Crippen molar-refractivity contribution in [3.05, 3.63) is 95.6 Å². The SMILES string of the molecule is O=C(OCc1ccccc1)C1CC(O)CN1C(=O)OCC1c2ccccc2-c2ccccc21. The van der Waals surface area contributed by atoms with E-state index in [-0.39, 0.29) is 32.1 Å². The summed E-state index contributed by atoms with van der Waals surface area (Å²) in [4.78, 5) is 26.9. The van der Waals surface area contributed by atoms with Crippen LogP contribution in [0, 0.1) is 0 Å². The third-order valence-corrected chi connectivity index (χ3v) is 6.35. The van der Waals surface area contributed by atoms with Gasteiger partial charge in [0.2, 0.25) is 0 Å². The summed E-state index contributed by atoms with van der Waals surface area (Å²) in [5.41, 5.74) is 5.39. The molecule has 2 unspecified atom stereocenters. The van der Waals surface area contributed by atoms with E-state index in [1.54, 1.807) is 0 Å². The van der Waals surface area contributed by atoms with Crippen LogP contribution in [0.15, 0.2) is 78.9 Å². The Labute approximate surface area is 192 Å². The molecule has 3 aromatic carbocycles. The molecule has 0 aromatic heterocycles. The van der Waals surface area contributed by atoms with E-state index < -0.39 is 24.2 Å². The van der Waals surface area contributed by atoms with Crippen molar-refractivity contribution in [2.24, 2.45) is 0 Å². The van der Waals surface area contributed by atoms with Crippen LogP contribution in [0.5, 0.6) is 0 Å². The molecule has 3 aromatic rings. The molecular weight excluding hydrogens is 418 g/mol. The van der Waals surface area contributed by atoms with E-state index in [9.17, 15) is 14.7 Å². The van der Waals surface area contributed by atoms with Gasteiger partial charge in [0.05, 0.1) is 12.6 Å². The second kappa shape index (κ2) is 9.08. The molecule has 1 aliphatic heterocycles. The fourth-order valence-corrected chi connectivity index (χ4v) is 4.74. The number of carbonyl (C=O) groups is 2. The zero-order valence-corrected chi connectivity index (χ0v) is 18.1. The van der Waals surface area contributed by atoms with Gasteiger partial charge >= 0.3 is 12.1 Å². The highest BCUT2D eigenvalue weighted by Crippen LogP contribution is 2.44. The number of nitrogens with zero attached hydrogens (tertiary/aromatic N) is 1. The summed E-state index contributed by atoms with van der Waals surface area (Å²) in [6.07, 6.45) is -1.27. The lowest BCUT2D eigenvalue weighted by molar-refractivity contribution is -0.149. The summed E-state index contributed by atoms with van der Waals surface area (Å²) in [6, 6.07) is 24.7. The van der Waals surface area contributed by atoms with Crippen LogP contribution in [0.4, 0.5) is 4.79 Å². The first-order valence-electron chi connectivity index (χ1n) is 11.1. The topological polar surface area (TPSA) is 76.1 Å². The molecule has 6 nitrogen and oxygen atoms in total. The van der Waals surface area contributed by atoms with Gasteiger partial charge in [-0.15, -0.1) is 0 Å². The highest BCUT2D eigenvalue weighted by molar-refractivity contribution is 5.83. The highest BCUT2D eigenvalue weighted by Gasteiger charge is 2.41. The number of benzene rings is 3. The molecule has 2 aliphatic rings. The Bertz CT molecular complexity index is 1120. The van der Waals surface area contributed by atoms with E-state index >= 15 is 0 Å². The zero-order chi connectivity index (χ0) is 22.8. The van der Waals surface area contributed by atoms with Crippen molar-refractivity contribution >= 4 is 12.1 Å². The minimum atomic E-state index is -0.862. The minimum Gasteiger partial charge on any atom is -0.459 e. The van der Waals surface area contributed by atoms with Crippen LogP contribution >= 0.6 is 0 Å². The first kappa shape index (κ1) is 21.2. The summed E-state index contributed by atoms with van der Waals surface area (Å²) in [5.74, 6) is -0.610. The van der Waals surface area contributed by atoms with Gasteiger partial charge in [-0.05, 0) is 27.8 Å². The van der Waals surface area contributed by atoms with Gasteiger partial charge in [0.1, 0.15) is 19.3 Å². The van der Waals surface area contributed by atoms with Crippen LogP contribution in [0.1, 0.15) is 29.0 Å². The quantitative estimate of drug-likeness (QED) is 0.601. The second-order valence-corrected chi connectivity index (χ2v) is 8.45. The molecule has 5 rings (SSSR count). The van der Waals surface area contributed by atoms with Crippen LogP contribution < -0.4 is 0 Å². The molecule has 1 N–H and O–H groups in total. The molecule has 1 aliphatic carbocycles. The maximum absolute atomic E-state index is 12.9. The number of esters is 1. The summed E-state index contributed by atoms with van der Waals surface area (Å²) in [5, 5.41) is 10.1. The van der Waals surface area contributed by atoms with Crippen molar-refractivity contribution in [3.63, 3.8) is 0 Å². The van der Waals surface area contributed by atoms with Crippen molar-refractivity contribution < 1.29 is 24.2 Å². The maximum Gasteiger partial charge on any atom is 0.410 e. The number of aliphatic hydroxyl groups excluding tert-OH is 1. The number of ether oxygens (including phenoxy) is 2. The fraction of sp³-hybridized carbons (Fsp3) is 0.259. The Balaban J connectivity index is 1.26. The van der Waals surface area contributed by atoms with Crippen molar-refractivity contribution in [3.8, 4) is 11.1 Å². The molecule has 1 heterocycles. The lowest BCUT2D eigenvalue weighted by Gasteiger charge is -2.23. The first-order valence-corrected chi connectivity index (χ1v) is 11.1. The molecule has 33 heavy (non-hydrogen) atoms. The Morgan fingerprint density at radius 2 is 1.45 bits per heavy atom. The van der Waals surface area contributed by atoms with Crippen LogP contribution in [0.3, 0.4) is 0 Å². The van der Waals surface area contributed by atoms with Crippen LogP contribution in [-0.4, -0.2) is 47.4 Å². The molecule has 0 radical (unpaired) electrons. The molecule has 168 valence electrons. The minimum absolute atomic E-state index is 0.0434. The van der Waals surface area contributed by atoms with Gasteiger partial charge in [0, 0.05) is 12.3 Å². The van der Waals surface area contributed by atoms with E-state index in [1.165, 1.54) is 4.90 Å². The van der Waals surface area contributed by atoms with Crippen LogP contribution in [0.25, 0.3) is 11.1 Å². The standard InChI is InChI=1S/C27H25NO5/c29-19-14-25(26(30)32-16-18-8-2-1-3-9-18)28(15-19)27(31)33-17-24-22-12-6-4-10-20(22)21-11-5-7-13-23(21)24/h1-13,19,24-25,29H,14-17H2. The Morgan fingerprint density at radius 1 is 0.848 bits per heavy atom. The first-order chi connectivity index (χ1) is 16.1. The molecule has 1 amide bonds. The number of amides is 1. The fourth-order valence-electron chi connectivity index (χ4n) is 4.74. The van der Waals surface area contributed by atoms with Gasteiger partial charge < -0.3 is 14.6 Å². The zero-order valence-electron chi connectivity index (χ0n) is 18.1. The van der Waals surface area contributed by atoms with Gasteiger partial charge in [-0.2, -0.15) is 0 Å². The van der Waals surface area contributed by atoms with E-state index in [4.69, 9.17) is 9.47 Å². The number of carbonyl (C=O) groups excluding carboxylic acids is 2. The average Bonchev–Trinajstić information content (AvgIpc) is 3.40. The number of rotatable bonds is 5. The van der Waals surface area contributed by atoms with Gasteiger partial charge in [-0.25, -0.2) is 9.59 Å². The monoisotopic (exact) mass is 443 g/mol. The van der Waals surface area contributed by atoms with E-state index in [1.807, 2.05) is 54.6 Å². The average molecular weight is 443 g/mol. The molecular formula is C27H25NO5. The van der Waals surface area contributed by atoms with Gasteiger partial charge in [-0.1, -0.05) is 78.9 Å². The summed E-state index contributed by atoms with van der Waals surface area (Å²) in [6.45, 7) is 0.317. The molecule has 1 saturated heterocycles. The van der Waals surface area contributed by atoms with Crippen LogP contribution in [-0.2, 0) is 20.9 Å². The third-order valence-electron chi connectivity index (χ3n) is 6.35. The number of likely N-dealkylation sites (tertiary alicyclic amines) is 1. The van der Waals surface area contributed by atoms with Crippen molar-refractivity contribution in [2.75, 3.05) is 13.2 Å². The Hall–Kier alpha value is -3.64. The molecule has 1 fully saturated rings. The number of aliphatic hydroxyl groups is 1. The predicted molar refractivity (Wildman–Crippen MR) is 122 cm³/mol. The number of hydrogen-bond donors (Lipinski definition) is 1. The summed E-state index contributed by atoms with van der Waals surface area (Å²) < 4.78 is 11.1. The number of hydrogen-bond acceptors (Lipinski definition) is 5. The molecule has 6 heteroatoms. The lowest BCUT2D eigenvalue weighted by Crippen LogP contribution is -2.42. The van der Waals surface area contributed by atoms with Crippen molar-refractivity contribution in [1.29, 1.82) is 0 Å². The number of fused-ring (bicyclic) bond motifs is 3.